The van der Waals surface area contributed by atoms with Crippen LogP contribution < -0.4 is 0 Å². The molecule has 0 radical (unpaired) electrons. The molecule has 0 amide bonds. The monoisotopic (exact) mass is 558 g/mol. The van der Waals surface area contributed by atoms with Crippen LogP contribution >= 0.6 is 0 Å². The van der Waals surface area contributed by atoms with Gasteiger partial charge in [0.2, 0.25) is 0 Å². The van der Waals surface area contributed by atoms with Gasteiger partial charge in [-0.2, -0.15) is 0 Å². The van der Waals surface area contributed by atoms with Crippen LogP contribution in [0.25, 0.3) is 12.2 Å². The van der Waals surface area contributed by atoms with Gasteiger partial charge in [-0.3, -0.25) is 0 Å². The van der Waals surface area contributed by atoms with Crippen LogP contribution in [-0.2, 0) is 29.5 Å². The van der Waals surface area contributed by atoms with Crippen LogP contribution in [0.15, 0.2) is 97.3 Å². The van der Waals surface area contributed by atoms with E-state index in [0.29, 0.717) is 11.8 Å². The number of benzene rings is 2. The normalized spacial score (nSPS) is 21.5. The number of hydrogen-bond donors (Lipinski definition) is 0. The molecule has 2 nitrogen and oxygen atoms in total. The maximum atomic E-state index is 5.02. The third kappa shape index (κ3) is 3.86. The number of fused-ring (bicyclic) bond motifs is 2. The summed E-state index contributed by atoms with van der Waals surface area (Å²) in [5.41, 5.74) is 10.8. The van der Waals surface area contributed by atoms with E-state index in [4.69, 9.17) is 9.97 Å². The van der Waals surface area contributed by atoms with Crippen molar-refractivity contribution >= 4 is 12.2 Å². The molecule has 0 saturated carbocycles. The van der Waals surface area contributed by atoms with Gasteiger partial charge in [0.25, 0.3) is 0 Å². The molecule has 0 spiro atoms. The Morgan fingerprint density at radius 1 is 0.568 bits per heavy atom. The van der Waals surface area contributed by atoms with Crippen LogP contribution in [0, 0.1) is 0 Å². The summed E-state index contributed by atoms with van der Waals surface area (Å²) in [5.74, 6) is 0.935. The van der Waals surface area contributed by atoms with E-state index in [1.54, 1.807) is 0 Å². The molecule has 2 atom stereocenters. The van der Waals surface area contributed by atoms with Gasteiger partial charge in [-0.25, -0.2) is 0 Å². The molecule has 0 bridgehead atoms. The molecule has 3 heteroatoms. The molecule has 6 rings (SSSR count). The van der Waals surface area contributed by atoms with Crippen molar-refractivity contribution in [1.29, 1.82) is 0 Å². The first-order valence-corrected chi connectivity index (χ1v) is 15.7. The van der Waals surface area contributed by atoms with E-state index in [-0.39, 0.29) is 6.25 Å². The summed E-state index contributed by atoms with van der Waals surface area (Å²) in [4.78, 5) is 10.0. The zero-order valence-electron chi connectivity index (χ0n) is 21.9. The SMILES string of the molecule is CC(C)c1cccc2c1C=C[C]2([Zr][C]1(c2ccccn2)C=Cc2c(C(C)C)cccc21)c1ccccn1. The molecular weight excluding hydrogens is 528 g/mol. The maximum absolute atomic E-state index is 5.02. The second-order valence-electron chi connectivity index (χ2n) is 10.8. The zero-order chi connectivity index (χ0) is 25.6. The van der Waals surface area contributed by atoms with Crippen LogP contribution in [0.1, 0.15) is 84.3 Å². The van der Waals surface area contributed by atoms with Gasteiger partial charge in [0.1, 0.15) is 0 Å². The first-order valence-electron chi connectivity index (χ1n) is 13.2. The molecule has 2 heterocycles. The van der Waals surface area contributed by atoms with Gasteiger partial charge in [-0.15, -0.1) is 0 Å². The van der Waals surface area contributed by atoms with E-state index in [1.165, 1.54) is 33.4 Å². The first kappa shape index (κ1) is 24.4. The molecule has 2 aliphatic carbocycles. The second kappa shape index (κ2) is 9.44. The summed E-state index contributed by atoms with van der Waals surface area (Å²) in [6, 6.07) is 26.6. The zero-order valence-corrected chi connectivity index (χ0v) is 24.4. The van der Waals surface area contributed by atoms with E-state index in [2.05, 4.69) is 113 Å². The average molecular weight is 560 g/mol. The summed E-state index contributed by atoms with van der Waals surface area (Å²) in [6.07, 6.45) is 13.7. The molecule has 2 aromatic carbocycles. The predicted molar refractivity (Wildman–Crippen MR) is 149 cm³/mol. The van der Waals surface area contributed by atoms with Crippen LogP contribution in [0.5, 0.6) is 0 Å². The van der Waals surface area contributed by atoms with Gasteiger partial charge >= 0.3 is 233 Å². The molecule has 0 saturated heterocycles. The summed E-state index contributed by atoms with van der Waals surface area (Å²) in [5, 5.41) is 0. The topological polar surface area (TPSA) is 25.8 Å². The Morgan fingerprint density at radius 2 is 1.03 bits per heavy atom. The van der Waals surface area contributed by atoms with Gasteiger partial charge in [0.05, 0.1) is 0 Å². The molecule has 2 aliphatic rings. The van der Waals surface area contributed by atoms with Crippen molar-refractivity contribution in [1.82, 2.24) is 9.97 Å². The van der Waals surface area contributed by atoms with Crippen molar-refractivity contribution in [3.8, 4) is 0 Å². The van der Waals surface area contributed by atoms with Crippen molar-refractivity contribution in [3.63, 3.8) is 0 Å². The van der Waals surface area contributed by atoms with Crippen LogP contribution in [-0.4, -0.2) is 9.97 Å². The van der Waals surface area contributed by atoms with Crippen LogP contribution in [0.4, 0.5) is 0 Å². The van der Waals surface area contributed by atoms with E-state index in [0.717, 1.165) is 11.4 Å². The third-order valence-electron chi connectivity index (χ3n) is 7.91. The predicted octanol–water partition coefficient (Wildman–Crippen LogP) is 8.05. The number of pyridine rings is 2. The van der Waals surface area contributed by atoms with Gasteiger partial charge in [0, 0.05) is 0 Å². The first-order chi connectivity index (χ1) is 18.0. The fourth-order valence-corrected chi connectivity index (χ4v) is 11.6. The van der Waals surface area contributed by atoms with E-state index >= 15 is 0 Å². The molecule has 0 fully saturated rings. The molecule has 4 aromatic rings. The Bertz CT molecular complexity index is 1390. The average Bonchev–Trinajstić information content (AvgIpc) is 3.50. The van der Waals surface area contributed by atoms with Crippen molar-refractivity contribution in [2.75, 3.05) is 0 Å². The summed E-state index contributed by atoms with van der Waals surface area (Å²) in [6.45, 7) is 9.18. The second-order valence-corrected chi connectivity index (χ2v) is 15.3. The number of rotatable bonds is 6. The summed E-state index contributed by atoms with van der Waals surface area (Å²) < 4.78 is -0.412. The molecule has 0 N–H and O–H groups in total. The quantitative estimate of drug-likeness (QED) is 0.239. The van der Waals surface area contributed by atoms with E-state index in [9.17, 15) is 0 Å². The summed E-state index contributed by atoms with van der Waals surface area (Å²) >= 11 is -1.46. The Labute approximate surface area is 232 Å². The van der Waals surface area contributed by atoms with Gasteiger partial charge in [-0.05, 0) is 0 Å². The van der Waals surface area contributed by atoms with Crippen LogP contribution in [0.2, 0.25) is 0 Å². The van der Waals surface area contributed by atoms with Crippen molar-refractivity contribution in [2.24, 2.45) is 0 Å². The molecular formula is C34H32N2Zr. The molecule has 37 heavy (non-hydrogen) atoms. The Hall–Kier alpha value is -2.90. The molecule has 182 valence electrons. The van der Waals surface area contributed by atoms with Crippen molar-refractivity contribution in [3.05, 3.63) is 142 Å². The fraction of sp³-hybridized carbons (Fsp3) is 0.235. The molecule has 2 aromatic heterocycles. The minimum atomic E-state index is -1.46. The number of nitrogens with zero attached hydrogens (tertiary/aromatic N) is 2. The minimum absolute atomic E-state index is 0.206. The van der Waals surface area contributed by atoms with Gasteiger partial charge in [-0.1, -0.05) is 0 Å². The van der Waals surface area contributed by atoms with Crippen molar-refractivity contribution < 1.29 is 23.2 Å². The Balaban J connectivity index is 1.63. The van der Waals surface area contributed by atoms with E-state index < -0.39 is 23.2 Å². The number of allylic oxidation sites excluding steroid dienone is 2. The molecule has 2 unspecified atom stereocenters. The Morgan fingerprint density at radius 3 is 1.41 bits per heavy atom. The van der Waals surface area contributed by atoms with Crippen LogP contribution in [0.3, 0.4) is 0 Å². The van der Waals surface area contributed by atoms with E-state index in [1.807, 2.05) is 24.5 Å². The van der Waals surface area contributed by atoms with Gasteiger partial charge < -0.3 is 0 Å². The third-order valence-corrected chi connectivity index (χ3v) is 13.2. The fourth-order valence-electron chi connectivity index (χ4n) is 6.12. The summed E-state index contributed by atoms with van der Waals surface area (Å²) in [7, 11) is 0. The Kier molecular flexibility index (Phi) is 6.24. The van der Waals surface area contributed by atoms with Crippen molar-refractivity contribution in [2.45, 2.75) is 45.8 Å². The number of hydrogen-bond acceptors (Lipinski definition) is 2. The van der Waals surface area contributed by atoms with Gasteiger partial charge in [0.15, 0.2) is 0 Å². The number of aromatic nitrogens is 2. The standard InChI is InChI=1S/2C17H16N.Zr/c2*1-12(2)13-6-5-7-14-15(13)9-10-16(14)17-8-3-4-11-18-17;/h2*3-12H,1-2H3;. The molecule has 0 aliphatic heterocycles.